The number of benzene rings is 10. The van der Waals surface area contributed by atoms with Crippen LogP contribution in [0.25, 0.3) is 60.9 Å². The maximum Gasteiger partial charge on any atom is 0.179 e. The fourth-order valence-electron chi connectivity index (χ4n) is 11.7. The molecule has 0 unspecified atom stereocenters. The summed E-state index contributed by atoms with van der Waals surface area (Å²) < 4.78 is 2.40. The van der Waals surface area contributed by atoms with Crippen molar-refractivity contribution < 1.29 is 0 Å². The first kappa shape index (κ1) is 40.6. The Kier molecular flexibility index (Phi) is 9.78. The van der Waals surface area contributed by atoms with Gasteiger partial charge >= 0.3 is 0 Å². The second-order valence-corrected chi connectivity index (χ2v) is 22.0. The third kappa shape index (κ3) is 6.35. The van der Waals surface area contributed by atoms with Crippen LogP contribution in [0.15, 0.2) is 279 Å². The van der Waals surface area contributed by atoms with Gasteiger partial charge in [-0.2, -0.15) is 0 Å². The number of nitrogens with zero attached hydrogens (tertiary/aromatic N) is 2. The van der Waals surface area contributed by atoms with Crippen LogP contribution in [-0.4, -0.2) is 17.6 Å². The predicted molar refractivity (Wildman–Crippen MR) is 290 cm³/mol. The van der Waals surface area contributed by atoms with E-state index in [1.54, 1.807) is 0 Å². The molecular weight excluding hydrogens is 849 g/mol. The maximum atomic E-state index is 4.22. The third-order valence-corrected chi connectivity index (χ3v) is 19.5. The molecule has 3 heteroatoms. The summed E-state index contributed by atoms with van der Waals surface area (Å²) in [6, 6.07) is 99.9. The quantitative estimate of drug-likeness (QED) is 0.104. The summed E-state index contributed by atoms with van der Waals surface area (Å²) in [7, 11) is -2.87. The van der Waals surface area contributed by atoms with Crippen molar-refractivity contribution in [2.75, 3.05) is 0 Å². The van der Waals surface area contributed by atoms with Crippen LogP contribution in [0.4, 0.5) is 0 Å². The maximum absolute atomic E-state index is 4.22. The molecule has 0 amide bonds. The summed E-state index contributed by atoms with van der Waals surface area (Å²) in [4.78, 5) is 4.22. The van der Waals surface area contributed by atoms with E-state index in [1.807, 2.05) is 12.4 Å². The van der Waals surface area contributed by atoms with Gasteiger partial charge in [-0.25, -0.2) is 0 Å². The van der Waals surface area contributed by atoms with Gasteiger partial charge in [-0.05, 0) is 125 Å². The number of para-hydroxylation sites is 1. The van der Waals surface area contributed by atoms with Crippen LogP contribution >= 0.6 is 0 Å². The highest BCUT2D eigenvalue weighted by Crippen LogP contribution is 2.56. The second-order valence-electron chi connectivity index (χ2n) is 18.2. The summed E-state index contributed by atoms with van der Waals surface area (Å²) in [6.07, 6.45) is 3.70. The van der Waals surface area contributed by atoms with Gasteiger partial charge in [-0.15, -0.1) is 0 Å². The fourth-order valence-corrected chi connectivity index (χ4v) is 16.5. The van der Waals surface area contributed by atoms with Crippen molar-refractivity contribution >= 4 is 50.6 Å². The van der Waals surface area contributed by atoms with Crippen molar-refractivity contribution in [3.05, 3.63) is 302 Å². The van der Waals surface area contributed by atoms with E-state index in [0.29, 0.717) is 0 Å². The van der Waals surface area contributed by atoms with Crippen molar-refractivity contribution in [1.82, 2.24) is 9.55 Å². The molecule has 2 nitrogen and oxygen atoms in total. The molecular formula is C66H46N2Si. The van der Waals surface area contributed by atoms with Gasteiger partial charge in [-0.3, -0.25) is 4.98 Å². The zero-order chi connectivity index (χ0) is 45.8. The Morgan fingerprint density at radius 1 is 0.319 bits per heavy atom. The molecule has 12 aromatic rings. The summed E-state index contributed by atoms with van der Waals surface area (Å²) in [5.74, 6) is 0. The summed E-state index contributed by atoms with van der Waals surface area (Å²) in [5.41, 5.74) is 15.3. The number of hydrogen-bond acceptors (Lipinski definition) is 1. The fraction of sp³-hybridized carbons (Fsp3) is 0.0152. The number of aromatic nitrogens is 2. The molecule has 2 heterocycles. The molecule has 324 valence electrons. The number of rotatable bonds is 9. The van der Waals surface area contributed by atoms with Gasteiger partial charge in [0, 0.05) is 28.9 Å². The van der Waals surface area contributed by atoms with Crippen molar-refractivity contribution in [2.24, 2.45) is 0 Å². The minimum atomic E-state index is -2.87. The average Bonchev–Trinajstić information content (AvgIpc) is 3.92. The van der Waals surface area contributed by atoms with E-state index in [9.17, 15) is 0 Å². The lowest BCUT2D eigenvalue weighted by Gasteiger charge is -2.37. The Morgan fingerprint density at radius 3 is 1.36 bits per heavy atom. The Hall–Kier alpha value is -8.63. The largest absolute Gasteiger partial charge is 0.309 e. The minimum Gasteiger partial charge on any atom is -0.309 e. The van der Waals surface area contributed by atoms with Crippen molar-refractivity contribution in [2.45, 2.75) is 5.41 Å². The molecule has 0 N–H and O–H groups in total. The summed E-state index contributed by atoms with van der Waals surface area (Å²) in [5, 5.41) is 7.93. The first-order chi connectivity index (χ1) is 34.2. The lowest BCUT2D eigenvalue weighted by atomic mass is 9.67. The third-order valence-electron chi connectivity index (χ3n) is 14.7. The van der Waals surface area contributed by atoms with Gasteiger partial charge in [0.25, 0.3) is 0 Å². The number of pyridine rings is 1. The highest BCUT2D eigenvalue weighted by molar-refractivity contribution is 7.19. The van der Waals surface area contributed by atoms with E-state index < -0.39 is 13.5 Å². The van der Waals surface area contributed by atoms with Gasteiger partial charge in [0.15, 0.2) is 8.07 Å². The van der Waals surface area contributed by atoms with E-state index in [1.165, 1.54) is 92.6 Å². The zero-order valence-corrected chi connectivity index (χ0v) is 39.0. The molecule has 0 spiro atoms. The van der Waals surface area contributed by atoms with Gasteiger partial charge < -0.3 is 4.57 Å². The van der Waals surface area contributed by atoms with E-state index in [4.69, 9.17) is 0 Å². The Labute approximate surface area is 404 Å². The van der Waals surface area contributed by atoms with Gasteiger partial charge in [-0.1, -0.05) is 218 Å². The molecule has 0 aliphatic heterocycles. The normalized spacial score (nSPS) is 12.8. The number of fused-ring (bicyclic) bond motifs is 6. The molecule has 0 bridgehead atoms. The van der Waals surface area contributed by atoms with Crippen LogP contribution in [0, 0.1) is 0 Å². The molecule has 1 aliphatic carbocycles. The monoisotopic (exact) mass is 894 g/mol. The molecule has 1 aliphatic rings. The minimum absolute atomic E-state index is 0.605. The van der Waals surface area contributed by atoms with Crippen molar-refractivity contribution in [1.29, 1.82) is 0 Å². The van der Waals surface area contributed by atoms with Crippen LogP contribution in [-0.2, 0) is 5.41 Å². The van der Waals surface area contributed by atoms with Gasteiger partial charge in [0.1, 0.15) is 0 Å². The standard InChI is InChI=1S/C66H46N2Si/c1-6-18-51(19-7-1)66(52-20-8-2-9-21-52)62-45-50(49-33-39-65-61(44-49)60-28-16-17-29-64(60)68(65)53-34-30-47(31-35-53)48-40-42-67-43-41-48)32-37-58(62)59-38-36-57(46-63(59)66)69(54-22-10-3-11-23-54,55-24-12-4-13-25-55)56-26-14-5-15-27-56/h1-46H. The first-order valence-corrected chi connectivity index (χ1v) is 25.8. The van der Waals surface area contributed by atoms with Gasteiger partial charge in [0.05, 0.1) is 16.4 Å². The lowest BCUT2D eigenvalue weighted by molar-refractivity contribution is 0.769. The van der Waals surface area contributed by atoms with E-state index in [0.717, 1.165) is 11.3 Å². The van der Waals surface area contributed by atoms with Crippen LogP contribution in [0.1, 0.15) is 22.3 Å². The Bertz CT molecular complexity index is 3660. The molecule has 0 saturated carbocycles. The molecule has 0 atom stereocenters. The molecule has 0 saturated heterocycles. The first-order valence-electron chi connectivity index (χ1n) is 23.8. The molecule has 13 rings (SSSR count). The van der Waals surface area contributed by atoms with Crippen LogP contribution in [0.3, 0.4) is 0 Å². The highest BCUT2D eigenvalue weighted by Gasteiger charge is 2.49. The Balaban J connectivity index is 1.03. The Morgan fingerprint density at radius 2 is 0.768 bits per heavy atom. The van der Waals surface area contributed by atoms with Crippen LogP contribution < -0.4 is 20.7 Å². The second kappa shape index (κ2) is 16.6. The van der Waals surface area contributed by atoms with Crippen LogP contribution in [0.5, 0.6) is 0 Å². The SMILES string of the molecule is c1ccc(C2(c3ccccc3)c3cc(-c4ccc5c(c4)c4ccccc4n5-c4ccc(-c5ccncc5)cc4)ccc3-c3ccc([Si](c4ccccc4)(c4ccccc4)c4ccccc4)cc32)cc1. The summed E-state index contributed by atoms with van der Waals surface area (Å²) >= 11 is 0. The van der Waals surface area contributed by atoms with E-state index in [-0.39, 0.29) is 0 Å². The molecule has 2 aromatic heterocycles. The zero-order valence-electron chi connectivity index (χ0n) is 38.0. The molecule has 69 heavy (non-hydrogen) atoms. The smallest absolute Gasteiger partial charge is 0.179 e. The lowest BCUT2D eigenvalue weighted by Crippen LogP contribution is -2.74. The highest BCUT2D eigenvalue weighted by atomic mass is 28.3. The molecule has 10 aromatic carbocycles. The van der Waals surface area contributed by atoms with E-state index in [2.05, 4.69) is 276 Å². The average molecular weight is 895 g/mol. The molecule has 0 radical (unpaired) electrons. The van der Waals surface area contributed by atoms with Crippen molar-refractivity contribution in [3.8, 4) is 39.1 Å². The topological polar surface area (TPSA) is 17.8 Å². The van der Waals surface area contributed by atoms with E-state index >= 15 is 0 Å². The summed E-state index contributed by atoms with van der Waals surface area (Å²) in [6.45, 7) is 0. The van der Waals surface area contributed by atoms with Crippen molar-refractivity contribution in [3.63, 3.8) is 0 Å². The molecule has 0 fully saturated rings. The number of hydrogen-bond donors (Lipinski definition) is 0. The van der Waals surface area contributed by atoms with Crippen LogP contribution in [0.2, 0.25) is 0 Å². The predicted octanol–water partition coefficient (Wildman–Crippen LogP) is 13.3. The van der Waals surface area contributed by atoms with Gasteiger partial charge in [0.2, 0.25) is 0 Å².